The molecule has 138 valence electrons. The van der Waals surface area contributed by atoms with Crippen LogP contribution in [0.4, 0.5) is 0 Å². The summed E-state index contributed by atoms with van der Waals surface area (Å²) in [6.45, 7) is 5.56. The SMILES string of the molecule is CCCCC1Oc2cc(C)ccc2C(O)C1c1ccc(OC(C)=O)cc1. The molecule has 0 aromatic heterocycles. The molecule has 1 heterocycles. The number of benzene rings is 2. The first-order chi connectivity index (χ1) is 12.5. The topological polar surface area (TPSA) is 55.8 Å². The highest BCUT2D eigenvalue weighted by Gasteiger charge is 2.38. The third kappa shape index (κ3) is 3.91. The molecule has 0 amide bonds. The van der Waals surface area contributed by atoms with E-state index in [9.17, 15) is 9.90 Å². The van der Waals surface area contributed by atoms with Crippen LogP contribution in [-0.2, 0) is 4.79 Å². The minimum Gasteiger partial charge on any atom is -0.489 e. The lowest BCUT2D eigenvalue weighted by Crippen LogP contribution is -2.34. The molecule has 0 fully saturated rings. The maximum Gasteiger partial charge on any atom is 0.308 e. The Morgan fingerprint density at radius 1 is 1.19 bits per heavy atom. The summed E-state index contributed by atoms with van der Waals surface area (Å²) in [5.74, 6) is 0.798. The molecule has 2 aromatic carbocycles. The van der Waals surface area contributed by atoms with Gasteiger partial charge in [-0.1, -0.05) is 44.0 Å². The van der Waals surface area contributed by atoms with Gasteiger partial charge in [0.15, 0.2) is 0 Å². The van der Waals surface area contributed by atoms with Crippen LogP contribution in [0.2, 0.25) is 0 Å². The summed E-state index contributed by atoms with van der Waals surface area (Å²) in [5.41, 5.74) is 2.94. The van der Waals surface area contributed by atoms with Crippen LogP contribution in [0.1, 0.15) is 61.8 Å². The average molecular weight is 354 g/mol. The van der Waals surface area contributed by atoms with E-state index in [0.29, 0.717) is 5.75 Å². The predicted octanol–water partition coefficient (Wildman–Crippen LogP) is 4.69. The van der Waals surface area contributed by atoms with E-state index in [4.69, 9.17) is 9.47 Å². The largest absolute Gasteiger partial charge is 0.489 e. The summed E-state index contributed by atoms with van der Waals surface area (Å²) < 4.78 is 11.4. The standard InChI is InChI=1S/C22H26O4/c1-4-5-6-19-21(16-8-10-17(11-9-16)25-15(3)23)22(24)18-12-7-14(2)13-20(18)26-19/h7-13,19,21-22,24H,4-6H2,1-3H3. The van der Waals surface area contributed by atoms with E-state index in [-0.39, 0.29) is 18.0 Å². The molecule has 4 heteroatoms. The highest BCUT2D eigenvalue weighted by atomic mass is 16.5. The Morgan fingerprint density at radius 3 is 2.58 bits per heavy atom. The monoisotopic (exact) mass is 354 g/mol. The molecule has 0 saturated heterocycles. The van der Waals surface area contributed by atoms with Crippen molar-refractivity contribution in [1.82, 2.24) is 0 Å². The molecule has 3 atom stereocenters. The lowest BCUT2D eigenvalue weighted by molar-refractivity contribution is -0.131. The van der Waals surface area contributed by atoms with E-state index >= 15 is 0 Å². The zero-order valence-corrected chi connectivity index (χ0v) is 15.6. The third-order valence-electron chi connectivity index (χ3n) is 4.88. The van der Waals surface area contributed by atoms with Crippen molar-refractivity contribution in [3.05, 3.63) is 59.2 Å². The van der Waals surface area contributed by atoms with Crippen LogP contribution < -0.4 is 9.47 Å². The molecule has 1 N–H and O–H groups in total. The number of carbonyl (C=O) groups excluding carboxylic acids is 1. The molecule has 0 radical (unpaired) electrons. The number of aryl methyl sites for hydroxylation is 1. The first kappa shape index (κ1) is 18.5. The fraction of sp³-hybridized carbons (Fsp3) is 0.409. The Bertz CT molecular complexity index is 766. The second-order valence-electron chi connectivity index (χ2n) is 6.97. The van der Waals surface area contributed by atoms with Crippen molar-refractivity contribution in [2.24, 2.45) is 0 Å². The van der Waals surface area contributed by atoms with Gasteiger partial charge in [0.1, 0.15) is 17.6 Å². The first-order valence-electron chi connectivity index (χ1n) is 9.23. The molecule has 1 aliphatic heterocycles. The third-order valence-corrected chi connectivity index (χ3v) is 4.88. The van der Waals surface area contributed by atoms with E-state index in [2.05, 4.69) is 6.92 Å². The van der Waals surface area contributed by atoms with Crippen LogP contribution in [0.5, 0.6) is 11.5 Å². The number of aliphatic hydroxyl groups excluding tert-OH is 1. The van der Waals surface area contributed by atoms with Crippen molar-refractivity contribution in [1.29, 1.82) is 0 Å². The van der Waals surface area contributed by atoms with Crippen LogP contribution in [0, 0.1) is 6.92 Å². The normalized spacial score (nSPS) is 21.6. The van der Waals surface area contributed by atoms with Crippen LogP contribution >= 0.6 is 0 Å². The number of fused-ring (bicyclic) bond motifs is 1. The first-order valence-corrected chi connectivity index (χ1v) is 9.23. The molecule has 2 aromatic rings. The van der Waals surface area contributed by atoms with Crippen LogP contribution in [0.3, 0.4) is 0 Å². The van der Waals surface area contributed by atoms with Crippen molar-refractivity contribution in [3.8, 4) is 11.5 Å². The van der Waals surface area contributed by atoms with E-state index in [1.165, 1.54) is 6.92 Å². The quantitative estimate of drug-likeness (QED) is 0.625. The van der Waals surface area contributed by atoms with Crippen LogP contribution in [0.25, 0.3) is 0 Å². The molecular formula is C22H26O4. The number of ether oxygens (including phenoxy) is 2. The van der Waals surface area contributed by atoms with Gasteiger partial charge in [-0.2, -0.15) is 0 Å². The number of carbonyl (C=O) groups is 1. The predicted molar refractivity (Wildman–Crippen MR) is 101 cm³/mol. The highest BCUT2D eigenvalue weighted by molar-refractivity contribution is 5.69. The lowest BCUT2D eigenvalue weighted by atomic mass is 9.80. The van der Waals surface area contributed by atoms with Crippen LogP contribution in [0.15, 0.2) is 42.5 Å². The Hall–Kier alpha value is -2.33. The van der Waals surface area contributed by atoms with Crippen LogP contribution in [-0.4, -0.2) is 17.2 Å². The summed E-state index contributed by atoms with van der Waals surface area (Å²) in [6, 6.07) is 13.3. The van der Waals surface area contributed by atoms with Gasteiger partial charge in [-0.05, 0) is 42.7 Å². The summed E-state index contributed by atoms with van der Waals surface area (Å²) >= 11 is 0. The van der Waals surface area contributed by atoms with Gasteiger partial charge in [0, 0.05) is 12.5 Å². The van der Waals surface area contributed by atoms with Gasteiger partial charge in [-0.15, -0.1) is 0 Å². The van der Waals surface area contributed by atoms with E-state index in [0.717, 1.165) is 41.7 Å². The summed E-state index contributed by atoms with van der Waals surface area (Å²) in [4.78, 5) is 11.1. The summed E-state index contributed by atoms with van der Waals surface area (Å²) in [6.07, 6.45) is 2.30. The van der Waals surface area contributed by atoms with Gasteiger partial charge in [-0.3, -0.25) is 4.79 Å². The Kier molecular flexibility index (Phi) is 5.62. The minimum absolute atomic E-state index is 0.0844. The van der Waals surface area contributed by atoms with Crippen molar-refractivity contribution in [2.75, 3.05) is 0 Å². The zero-order valence-electron chi connectivity index (χ0n) is 15.6. The molecule has 26 heavy (non-hydrogen) atoms. The van der Waals surface area contributed by atoms with Gasteiger partial charge in [0.05, 0.1) is 12.0 Å². The number of rotatable bonds is 5. The Balaban J connectivity index is 1.93. The molecule has 4 nitrogen and oxygen atoms in total. The number of esters is 1. The van der Waals surface area contributed by atoms with Gasteiger partial charge in [0.2, 0.25) is 0 Å². The van der Waals surface area contributed by atoms with Gasteiger partial charge in [0.25, 0.3) is 0 Å². The Morgan fingerprint density at radius 2 is 1.92 bits per heavy atom. The molecule has 0 spiro atoms. The number of aliphatic hydroxyl groups is 1. The number of unbranched alkanes of at least 4 members (excludes halogenated alkanes) is 1. The van der Waals surface area contributed by atoms with Gasteiger partial charge < -0.3 is 14.6 Å². The van der Waals surface area contributed by atoms with Crippen molar-refractivity contribution >= 4 is 5.97 Å². The molecule has 1 aliphatic rings. The number of hydrogen-bond donors (Lipinski definition) is 1. The summed E-state index contributed by atoms with van der Waals surface area (Å²) in [7, 11) is 0. The average Bonchev–Trinajstić information content (AvgIpc) is 2.60. The molecule has 3 rings (SSSR count). The van der Waals surface area contributed by atoms with Crippen molar-refractivity contribution in [2.45, 2.75) is 58.2 Å². The fourth-order valence-corrected chi connectivity index (χ4v) is 3.59. The second-order valence-corrected chi connectivity index (χ2v) is 6.97. The molecular weight excluding hydrogens is 328 g/mol. The van der Waals surface area contributed by atoms with Gasteiger partial charge >= 0.3 is 5.97 Å². The molecule has 0 saturated carbocycles. The molecule has 3 unspecified atom stereocenters. The molecule has 0 aliphatic carbocycles. The van der Waals surface area contributed by atoms with E-state index in [1.54, 1.807) is 12.1 Å². The molecule has 0 bridgehead atoms. The highest BCUT2D eigenvalue weighted by Crippen LogP contribution is 2.45. The van der Waals surface area contributed by atoms with E-state index in [1.807, 2.05) is 37.3 Å². The van der Waals surface area contributed by atoms with Crippen molar-refractivity contribution in [3.63, 3.8) is 0 Å². The van der Waals surface area contributed by atoms with Crippen molar-refractivity contribution < 1.29 is 19.4 Å². The smallest absolute Gasteiger partial charge is 0.308 e. The minimum atomic E-state index is -0.624. The number of hydrogen-bond acceptors (Lipinski definition) is 4. The maximum atomic E-state index is 11.1. The van der Waals surface area contributed by atoms with Gasteiger partial charge in [-0.25, -0.2) is 0 Å². The Labute approximate surface area is 154 Å². The maximum absolute atomic E-state index is 11.1. The lowest BCUT2D eigenvalue weighted by Gasteiger charge is -2.38. The second kappa shape index (κ2) is 7.92. The summed E-state index contributed by atoms with van der Waals surface area (Å²) in [5, 5.41) is 11.1. The zero-order chi connectivity index (χ0) is 18.7. The van der Waals surface area contributed by atoms with E-state index < -0.39 is 6.10 Å². The fourth-order valence-electron chi connectivity index (χ4n) is 3.59.